The Kier molecular flexibility index (Phi) is 6.36. The zero-order chi connectivity index (χ0) is 15.1. The number of halogens is 1. The molecule has 0 radical (unpaired) electrons. The van der Waals surface area contributed by atoms with Gasteiger partial charge in [-0.25, -0.2) is 4.79 Å². The van der Waals surface area contributed by atoms with Crippen LogP contribution in [0.2, 0.25) is 5.02 Å². The number of hydrogen-bond acceptors (Lipinski definition) is 4. The number of aliphatic carboxylic acids is 1. The van der Waals surface area contributed by atoms with E-state index in [1.165, 1.54) is 18.7 Å². The van der Waals surface area contributed by atoms with E-state index < -0.39 is 12.0 Å². The molecule has 106 valence electrons. The molecule has 5 nitrogen and oxygen atoms in total. The third-order valence-corrected chi connectivity index (χ3v) is 3.84. The van der Waals surface area contributed by atoms with Crippen LogP contribution in [0.5, 0.6) is 0 Å². The molecule has 0 bridgehead atoms. The van der Waals surface area contributed by atoms with E-state index in [2.05, 4.69) is 5.32 Å². The molecule has 1 rings (SSSR count). The van der Waals surface area contributed by atoms with Crippen molar-refractivity contribution in [1.82, 2.24) is 5.32 Å². The second kappa shape index (κ2) is 7.78. The molecule has 0 unspecified atom stereocenters. The summed E-state index contributed by atoms with van der Waals surface area (Å²) < 4.78 is 0. The van der Waals surface area contributed by atoms with E-state index in [1.54, 1.807) is 18.2 Å². The molecule has 1 aromatic carbocycles. The SMILES string of the molecule is CC(=O)N[C@@H](CSCc1ccc(C#N)cc1Cl)C(=O)O. The monoisotopic (exact) mass is 312 g/mol. The maximum absolute atomic E-state index is 10.9. The van der Waals surface area contributed by atoms with E-state index in [-0.39, 0.29) is 11.7 Å². The van der Waals surface area contributed by atoms with Crippen molar-refractivity contribution in [3.8, 4) is 6.07 Å². The number of amides is 1. The van der Waals surface area contributed by atoms with Gasteiger partial charge in [-0.1, -0.05) is 17.7 Å². The standard InChI is InChI=1S/C13H13ClN2O3S/c1-8(17)16-12(13(18)19)7-20-6-10-3-2-9(5-15)4-11(10)14/h2-4,12H,6-7H2,1H3,(H,16,17)(H,18,19)/t12-/m0/s1. The minimum Gasteiger partial charge on any atom is -0.480 e. The molecule has 7 heteroatoms. The molecule has 20 heavy (non-hydrogen) atoms. The van der Waals surface area contributed by atoms with Crippen molar-refractivity contribution in [2.75, 3.05) is 5.75 Å². The summed E-state index contributed by atoms with van der Waals surface area (Å²) in [5.41, 5.74) is 1.30. The van der Waals surface area contributed by atoms with E-state index in [4.69, 9.17) is 22.0 Å². The Bertz CT molecular complexity index is 557. The van der Waals surface area contributed by atoms with Crippen molar-refractivity contribution in [3.05, 3.63) is 34.3 Å². The summed E-state index contributed by atoms with van der Waals surface area (Å²) in [6.45, 7) is 1.28. The highest BCUT2D eigenvalue weighted by atomic mass is 35.5. The lowest BCUT2D eigenvalue weighted by atomic mass is 10.2. The average Bonchev–Trinajstić information content (AvgIpc) is 2.38. The fourth-order valence-corrected chi connectivity index (χ4v) is 2.82. The Morgan fingerprint density at radius 3 is 2.75 bits per heavy atom. The molecule has 2 N–H and O–H groups in total. The summed E-state index contributed by atoms with van der Waals surface area (Å²) in [5, 5.41) is 20.5. The van der Waals surface area contributed by atoms with Crippen LogP contribution in [0, 0.1) is 11.3 Å². The van der Waals surface area contributed by atoms with Crippen LogP contribution in [0.25, 0.3) is 0 Å². The summed E-state index contributed by atoms with van der Waals surface area (Å²) in [6, 6.07) is 6.03. The van der Waals surface area contributed by atoms with Crippen LogP contribution in [-0.2, 0) is 15.3 Å². The van der Waals surface area contributed by atoms with E-state index in [1.807, 2.05) is 6.07 Å². The zero-order valence-electron chi connectivity index (χ0n) is 10.7. The predicted molar refractivity (Wildman–Crippen MR) is 77.6 cm³/mol. The lowest BCUT2D eigenvalue weighted by Gasteiger charge is -2.13. The second-order valence-electron chi connectivity index (χ2n) is 4.02. The molecule has 0 aliphatic rings. The topological polar surface area (TPSA) is 90.2 Å². The number of nitrogens with one attached hydrogen (secondary N) is 1. The molecular formula is C13H13ClN2O3S. The Balaban J connectivity index is 2.57. The van der Waals surface area contributed by atoms with Crippen LogP contribution in [0.1, 0.15) is 18.1 Å². The van der Waals surface area contributed by atoms with E-state index in [9.17, 15) is 9.59 Å². The van der Waals surface area contributed by atoms with Crippen molar-refractivity contribution >= 4 is 35.2 Å². The van der Waals surface area contributed by atoms with Crippen LogP contribution in [-0.4, -0.2) is 28.8 Å². The summed E-state index contributed by atoms with van der Waals surface area (Å²) >= 11 is 7.37. The van der Waals surface area contributed by atoms with E-state index >= 15 is 0 Å². The third-order valence-electron chi connectivity index (χ3n) is 2.40. The van der Waals surface area contributed by atoms with Crippen molar-refractivity contribution in [1.29, 1.82) is 5.26 Å². The molecule has 0 aliphatic heterocycles. The number of carboxylic acid groups (broad SMARTS) is 1. The van der Waals surface area contributed by atoms with Gasteiger partial charge in [0.2, 0.25) is 5.91 Å². The summed E-state index contributed by atoms with van der Waals surface area (Å²) in [6.07, 6.45) is 0. The first-order valence-corrected chi connectivity index (χ1v) is 7.23. The lowest BCUT2D eigenvalue weighted by molar-refractivity contribution is -0.140. The van der Waals surface area contributed by atoms with Gasteiger partial charge in [0.1, 0.15) is 6.04 Å². The van der Waals surface area contributed by atoms with Gasteiger partial charge >= 0.3 is 5.97 Å². The first kappa shape index (κ1) is 16.3. The molecule has 0 saturated heterocycles. The first-order valence-electron chi connectivity index (χ1n) is 5.70. The van der Waals surface area contributed by atoms with Gasteiger partial charge in [0.05, 0.1) is 11.6 Å². The average molecular weight is 313 g/mol. The summed E-state index contributed by atoms with van der Waals surface area (Å²) in [4.78, 5) is 21.8. The minimum atomic E-state index is -1.07. The molecule has 1 aromatic rings. The third kappa shape index (κ3) is 5.11. The molecular weight excluding hydrogens is 300 g/mol. The van der Waals surface area contributed by atoms with E-state index in [0.717, 1.165) is 5.56 Å². The van der Waals surface area contributed by atoms with Crippen molar-refractivity contribution in [2.45, 2.75) is 18.7 Å². The number of thioether (sulfide) groups is 1. The first-order chi connectivity index (χ1) is 9.43. The fraction of sp³-hybridized carbons (Fsp3) is 0.308. The highest BCUT2D eigenvalue weighted by Gasteiger charge is 2.18. The summed E-state index contributed by atoms with van der Waals surface area (Å²) in [7, 11) is 0. The van der Waals surface area contributed by atoms with Gasteiger partial charge in [-0.15, -0.1) is 0 Å². The highest BCUT2D eigenvalue weighted by Crippen LogP contribution is 2.22. The maximum Gasteiger partial charge on any atom is 0.327 e. The van der Waals surface area contributed by atoms with Gasteiger partial charge in [-0.05, 0) is 17.7 Å². The Labute approximate surface area is 125 Å². The zero-order valence-corrected chi connectivity index (χ0v) is 12.3. The number of carbonyl (C=O) groups is 2. The molecule has 1 atom stereocenters. The number of benzene rings is 1. The number of carboxylic acids is 1. The smallest absolute Gasteiger partial charge is 0.327 e. The van der Waals surface area contributed by atoms with Crippen LogP contribution in [0.4, 0.5) is 0 Å². The van der Waals surface area contributed by atoms with Crippen LogP contribution in [0.3, 0.4) is 0 Å². The van der Waals surface area contributed by atoms with Gasteiger partial charge in [-0.3, -0.25) is 4.79 Å². The number of rotatable bonds is 6. The summed E-state index contributed by atoms with van der Waals surface area (Å²) in [5.74, 6) is -0.702. The van der Waals surface area contributed by atoms with Gasteiger partial charge in [0, 0.05) is 23.5 Å². The van der Waals surface area contributed by atoms with Gasteiger partial charge < -0.3 is 10.4 Å². The molecule has 0 heterocycles. The molecule has 0 fully saturated rings. The van der Waals surface area contributed by atoms with Gasteiger partial charge in [0.25, 0.3) is 0 Å². The van der Waals surface area contributed by atoms with Crippen molar-refractivity contribution in [2.24, 2.45) is 0 Å². The predicted octanol–water partition coefficient (Wildman–Crippen LogP) is 2.03. The molecule has 0 spiro atoms. The molecule has 1 amide bonds. The maximum atomic E-state index is 10.9. The normalized spacial score (nSPS) is 11.4. The molecule has 0 aromatic heterocycles. The highest BCUT2D eigenvalue weighted by molar-refractivity contribution is 7.98. The van der Waals surface area contributed by atoms with Crippen LogP contribution in [0.15, 0.2) is 18.2 Å². The Morgan fingerprint density at radius 1 is 1.55 bits per heavy atom. The minimum absolute atomic E-state index is 0.241. The van der Waals surface area contributed by atoms with Crippen molar-refractivity contribution < 1.29 is 14.7 Å². The number of nitrogens with zero attached hydrogens (tertiary/aromatic N) is 1. The number of nitriles is 1. The van der Waals surface area contributed by atoms with Crippen LogP contribution < -0.4 is 5.32 Å². The largest absolute Gasteiger partial charge is 0.480 e. The van der Waals surface area contributed by atoms with Gasteiger partial charge in [0.15, 0.2) is 0 Å². The van der Waals surface area contributed by atoms with Gasteiger partial charge in [-0.2, -0.15) is 17.0 Å². The quantitative estimate of drug-likeness (QED) is 0.839. The second-order valence-corrected chi connectivity index (χ2v) is 5.46. The Hall–Kier alpha value is -1.71. The lowest BCUT2D eigenvalue weighted by Crippen LogP contribution is -2.41. The number of carbonyl (C=O) groups excluding carboxylic acids is 1. The molecule has 0 saturated carbocycles. The van der Waals surface area contributed by atoms with Crippen LogP contribution >= 0.6 is 23.4 Å². The van der Waals surface area contributed by atoms with Crippen molar-refractivity contribution in [3.63, 3.8) is 0 Å². The molecule has 0 aliphatic carbocycles. The number of hydrogen-bond donors (Lipinski definition) is 2. The van der Waals surface area contributed by atoms with E-state index in [0.29, 0.717) is 16.3 Å². The Morgan fingerprint density at radius 2 is 2.25 bits per heavy atom. The fourth-order valence-electron chi connectivity index (χ4n) is 1.44.